The first-order chi connectivity index (χ1) is 14.7. The second-order valence-electron chi connectivity index (χ2n) is 6.80. The molecular formula is C23H19N5O2. The molecule has 0 aliphatic carbocycles. The van der Waals surface area contributed by atoms with Crippen molar-refractivity contribution in [2.75, 3.05) is 6.54 Å². The molecule has 0 saturated heterocycles. The van der Waals surface area contributed by atoms with Gasteiger partial charge in [0.05, 0.1) is 23.7 Å². The predicted molar refractivity (Wildman–Crippen MR) is 113 cm³/mol. The number of nitrogens with one attached hydrogen (secondary N) is 1. The van der Waals surface area contributed by atoms with E-state index in [1.807, 2.05) is 42.5 Å². The van der Waals surface area contributed by atoms with Gasteiger partial charge in [-0.05, 0) is 42.0 Å². The van der Waals surface area contributed by atoms with Crippen LogP contribution in [0, 0.1) is 11.3 Å². The minimum Gasteiger partial charge on any atom is -0.350 e. The van der Waals surface area contributed by atoms with E-state index >= 15 is 0 Å². The quantitative estimate of drug-likeness (QED) is 0.541. The summed E-state index contributed by atoms with van der Waals surface area (Å²) in [5.41, 5.74) is 3.16. The zero-order valence-electron chi connectivity index (χ0n) is 16.2. The van der Waals surface area contributed by atoms with E-state index in [1.165, 1.54) is 0 Å². The molecule has 7 heteroatoms. The van der Waals surface area contributed by atoms with Gasteiger partial charge in [0.1, 0.15) is 0 Å². The van der Waals surface area contributed by atoms with E-state index in [0.29, 0.717) is 29.9 Å². The number of carbonyl (C=O) groups is 1. The third-order valence-corrected chi connectivity index (χ3v) is 4.86. The summed E-state index contributed by atoms with van der Waals surface area (Å²) in [4.78, 5) is 29.8. The number of hydrogen-bond donors (Lipinski definition) is 1. The highest BCUT2D eigenvalue weighted by Gasteiger charge is 2.14. The van der Waals surface area contributed by atoms with Crippen LogP contribution in [-0.4, -0.2) is 26.6 Å². The maximum absolute atomic E-state index is 13.1. The Labute approximate surface area is 172 Å². The van der Waals surface area contributed by atoms with Gasteiger partial charge in [0.25, 0.3) is 5.91 Å². The first-order valence-electron chi connectivity index (χ1n) is 9.54. The Hall–Kier alpha value is -4.18. The van der Waals surface area contributed by atoms with Crippen LogP contribution in [0.25, 0.3) is 11.2 Å². The third-order valence-electron chi connectivity index (χ3n) is 4.86. The van der Waals surface area contributed by atoms with Crippen LogP contribution in [0.1, 0.15) is 21.5 Å². The first kappa shape index (κ1) is 19.2. The zero-order chi connectivity index (χ0) is 20.9. The highest BCUT2D eigenvalue weighted by atomic mass is 16.2. The van der Waals surface area contributed by atoms with E-state index in [9.17, 15) is 9.59 Å². The van der Waals surface area contributed by atoms with Gasteiger partial charge in [-0.2, -0.15) is 5.26 Å². The average Bonchev–Trinajstić information content (AvgIpc) is 3.06. The Morgan fingerprint density at radius 2 is 1.77 bits per heavy atom. The Bertz CT molecular complexity index is 1280. The number of amides is 1. The van der Waals surface area contributed by atoms with Crippen LogP contribution in [-0.2, 0) is 13.1 Å². The molecule has 0 fully saturated rings. The minimum absolute atomic E-state index is 0.167. The second-order valence-corrected chi connectivity index (χ2v) is 6.80. The molecule has 0 saturated carbocycles. The van der Waals surface area contributed by atoms with Gasteiger partial charge in [0.2, 0.25) is 0 Å². The predicted octanol–water partition coefficient (Wildman–Crippen LogP) is 2.55. The zero-order valence-corrected chi connectivity index (χ0v) is 16.2. The van der Waals surface area contributed by atoms with Crippen LogP contribution in [0.4, 0.5) is 0 Å². The molecule has 148 valence electrons. The van der Waals surface area contributed by atoms with Gasteiger partial charge < -0.3 is 5.32 Å². The van der Waals surface area contributed by atoms with E-state index in [2.05, 4.69) is 10.3 Å². The van der Waals surface area contributed by atoms with Gasteiger partial charge in [-0.1, -0.05) is 30.3 Å². The summed E-state index contributed by atoms with van der Waals surface area (Å²) in [6.07, 6.45) is 1.65. The molecule has 4 aromatic rings. The smallest absolute Gasteiger partial charge is 0.330 e. The molecule has 0 aliphatic rings. The number of aromatic nitrogens is 3. The van der Waals surface area contributed by atoms with Crippen LogP contribution in [0.5, 0.6) is 0 Å². The first-order valence-corrected chi connectivity index (χ1v) is 9.54. The number of pyridine rings is 1. The molecule has 0 bridgehead atoms. The highest BCUT2D eigenvalue weighted by molar-refractivity contribution is 5.94. The van der Waals surface area contributed by atoms with Crippen molar-refractivity contribution >= 4 is 17.1 Å². The molecule has 4 rings (SSSR count). The SMILES string of the molecule is N#Cc1ccc(C(=O)NCCn2c(=O)n(Cc3ccccc3)c3cccnc32)cc1. The van der Waals surface area contributed by atoms with Crippen LogP contribution in [0.2, 0.25) is 0 Å². The van der Waals surface area contributed by atoms with Gasteiger partial charge >= 0.3 is 5.69 Å². The number of nitrogens with zero attached hydrogens (tertiary/aromatic N) is 4. The molecule has 1 amide bonds. The van der Waals surface area contributed by atoms with Crippen molar-refractivity contribution in [1.82, 2.24) is 19.4 Å². The van der Waals surface area contributed by atoms with Crippen molar-refractivity contribution in [2.24, 2.45) is 0 Å². The van der Waals surface area contributed by atoms with Gasteiger partial charge in [-0.15, -0.1) is 0 Å². The molecule has 0 radical (unpaired) electrons. The van der Waals surface area contributed by atoms with E-state index in [1.54, 1.807) is 45.7 Å². The molecule has 0 unspecified atom stereocenters. The maximum atomic E-state index is 13.1. The van der Waals surface area contributed by atoms with E-state index in [-0.39, 0.29) is 18.1 Å². The summed E-state index contributed by atoms with van der Waals surface area (Å²) in [5.74, 6) is -0.256. The molecule has 7 nitrogen and oxygen atoms in total. The van der Waals surface area contributed by atoms with E-state index in [4.69, 9.17) is 5.26 Å². The topological polar surface area (TPSA) is 92.7 Å². The largest absolute Gasteiger partial charge is 0.350 e. The highest BCUT2D eigenvalue weighted by Crippen LogP contribution is 2.12. The maximum Gasteiger partial charge on any atom is 0.330 e. The van der Waals surface area contributed by atoms with Gasteiger partial charge in [-0.3, -0.25) is 13.9 Å². The summed E-state index contributed by atoms with van der Waals surface area (Å²) in [5, 5.41) is 11.7. The lowest BCUT2D eigenvalue weighted by Gasteiger charge is -2.06. The summed E-state index contributed by atoms with van der Waals surface area (Å²) >= 11 is 0. The molecule has 2 aromatic heterocycles. The Morgan fingerprint density at radius 1 is 1.00 bits per heavy atom. The van der Waals surface area contributed by atoms with Crippen molar-refractivity contribution in [3.05, 3.63) is 100 Å². The summed E-state index contributed by atoms with van der Waals surface area (Å²) in [6.45, 7) is 1.03. The number of hydrogen-bond acceptors (Lipinski definition) is 4. The fourth-order valence-electron chi connectivity index (χ4n) is 3.35. The Balaban J connectivity index is 1.53. The summed E-state index contributed by atoms with van der Waals surface area (Å²) in [6, 6.07) is 21.9. The standard InChI is InChI=1S/C23H19N5O2/c24-15-17-8-10-19(11-9-17)22(29)26-13-14-27-21-20(7-4-12-25-21)28(23(27)30)16-18-5-2-1-3-6-18/h1-12H,13-14,16H2,(H,26,29). The second kappa shape index (κ2) is 8.45. The fourth-order valence-corrected chi connectivity index (χ4v) is 3.35. The Kier molecular flexibility index (Phi) is 5.39. The van der Waals surface area contributed by atoms with E-state index in [0.717, 1.165) is 11.1 Å². The molecule has 1 N–H and O–H groups in total. The third kappa shape index (κ3) is 3.84. The van der Waals surface area contributed by atoms with Crippen molar-refractivity contribution in [3.8, 4) is 6.07 Å². The normalized spacial score (nSPS) is 10.6. The van der Waals surface area contributed by atoms with Crippen molar-refractivity contribution < 1.29 is 4.79 Å². The molecule has 0 aliphatic heterocycles. The van der Waals surface area contributed by atoms with Crippen molar-refractivity contribution in [3.63, 3.8) is 0 Å². The lowest BCUT2D eigenvalue weighted by Crippen LogP contribution is -2.32. The molecule has 0 spiro atoms. The number of carbonyl (C=O) groups excluding carboxylic acids is 1. The number of rotatable bonds is 6. The van der Waals surface area contributed by atoms with Crippen LogP contribution >= 0.6 is 0 Å². The lowest BCUT2D eigenvalue weighted by atomic mass is 10.1. The number of benzene rings is 2. The molecule has 2 heterocycles. The molecule has 2 aromatic carbocycles. The van der Waals surface area contributed by atoms with Crippen LogP contribution < -0.4 is 11.0 Å². The minimum atomic E-state index is -0.256. The van der Waals surface area contributed by atoms with Crippen LogP contribution in [0.3, 0.4) is 0 Å². The molecule has 30 heavy (non-hydrogen) atoms. The van der Waals surface area contributed by atoms with Crippen LogP contribution in [0.15, 0.2) is 77.7 Å². The average molecular weight is 397 g/mol. The number of imidazole rings is 1. The van der Waals surface area contributed by atoms with Gasteiger partial charge in [0, 0.05) is 24.8 Å². The van der Waals surface area contributed by atoms with Crippen molar-refractivity contribution in [2.45, 2.75) is 13.1 Å². The van der Waals surface area contributed by atoms with Gasteiger partial charge in [-0.25, -0.2) is 9.78 Å². The summed E-state index contributed by atoms with van der Waals surface area (Å²) in [7, 11) is 0. The van der Waals surface area contributed by atoms with Gasteiger partial charge in [0.15, 0.2) is 5.65 Å². The Morgan fingerprint density at radius 3 is 2.50 bits per heavy atom. The van der Waals surface area contributed by atoms with E-state index < -0.39 is 0 Å². The number of fused-ring (bicyclic) bond motifs is 1. The fraction of sp³-hybridized carbons (Fsp3) is 0.130. The monoisotopic (exact) mass is 397 g/mol. The molecular weight excluding hydrogens is 378 g/mol. The summed E-state index contributed by atoms with van der Waals surface area (Å²) < 4.78 is 3.28. The number of nitriles is 1. The van der Waals surface area contributed by atoms with Crippen molar-refractivity contribution in [1.29, 1.82) is 5.26 Å². The lowest BCUT2D eigenvalue weighted by molar-refractivity contribution is 0.0952. The molecule has 0 atom stereocenters.